The minimum atomic E-state index is 0.00621. The highest BCUT2D eigenvalue weighted by molar-refractivity contribution is 5.85. The van der Waals surface area contributed by atoms with Gasteiger partial charge in [-0.25, -0.2) is 4.99 Å². The van der Waals surface area contributed by atoms with Crippen LogP contribution in [0.2, 0.25) is 0 Å². The summed E-state index contributed by atoms with van der Waals surface area (Å²) in [6.07, 6.45) is 3.07. The van der Waals surface area contributed by atoms with E-state index in [1.165, 1.54) is 5.56 Å². The van der Waals surface area contributed by atoms with Crippen molar-refractivity contribution in [2.75, 3.05) is 40.3 Å². The summed E-state index contributed by atoms with van der Waals surface area (Å²) in [5.41, 5.74) is 2.53. The van der Waals surface area contributed by atoms with Crippen LogP contribution < -0.4 is 10.1 Å². The van der Waals surface area contributed by atoms with Gasteiger partial charge in [-0.2, -0.15) is 0 Å². The summed E-state index contributed by atoms with van der Waals surface area (Å²) in [6.45, 7) is 2.72. The number of likely N-dealkylation sites (tertiary alicyclic amines) is 1. The van der Waals surface area contributed by atoms with Crippen LogP contribution in [-0.4, -0.2) is 62.0 Å². The van der Waals surface area contributed by atoms with Crippen molar-refractivity contribution in [2.24, 2.45) is 10.9 Å². The molecule has 1 amide bonds. The maximum Gasteiger partial charge on any atom is 0.243 e. The number of likely N-dealkylation sites (N-methyl/N-ethyl adjacent to an activating group) is 1. The number of ether oxygens (including phenoxy) is 1. The molecule has 0 bridgehead atoms. The van der Waals surface area contributed by atoms with Crippen LogP contribution in [0.4, 0.5) is 0 Å². The van der Waals surface area contributed by atoms with E-state index in [-0.39, 0.29) is 18.5 Å². The molecule has 164 valence electrons. The number of aliphatic imine (C=N–C) groups is 1. The van der Waals surface area contributed by atoms with Crippen LogP contribution in [0.15, 0.2) is 59.6 Å². The molecule has 2 aliphatic rings. The van der Waals surface area contributed by atoms with E-state index >= 15 is 0 Å². The largest absolute Gasteiger partial charge is 0.493 e. The Bertz CT molecular complexity index is 913. The lowest BCUT2D eigenvalue weighted by Gasteiger charge is -2.31. The number of nitrogens with one attached hydrogen (secondary N) is 1. The molecule has 2 aliphatic heterocycles. The Balaban J connectivity index is 1.49. The van der Waals surface area contributed by atoms with Gasteiger partial charge in [0.1, 0.15) is 12.3 Å². The molecule has 2 unspecified atom stereocenters. The van der Waals surface area contributed by atoms with Crippen molar-refractivity contribution in [3.05, 3.63) is 65.7 Å². The van der Waals surface area contributed by atoms with Gasteiger partial charge in [-0.1, -0.05) is 48.5 Å². The number of guanidine groups is 1. The van der Waals surface area contributed by atoms with Crippen molar-refractivity contribution < 1.29 is 9.53 Å². The van der Waals surface area contributed by atoms with Gasteiger partial charge in [0.2, 0.25) is 5.91 Å². The molecule has 1 fully saturated rings. The third-order valence-corrected chi connectivity index (χ3v) is 6.08. The normalized spacial score (nSPS) is 20.7. The third-order valence-electron chi connectivity index (χ3n) is 6.08. The third kappa shape index (κ3) is 5.37. The van der Waals surface area contributed by atoms with E-state index in [9.17, 15) is 4.79 Å². The summed E-state index contributed by atoms with van der Waals surface area (Å²) < 4.78 is 5.82. The molecular weight excluding hydrogens is 388 g/mol. The summed E-state index contributed by atoms with van der Waals surface area (Å²) in [5.74, 6) is 2.35. The highest BCUT2D eigenvalue weighted by Crippen LogP contribution is 2.32. The molecule has 0 aromatic heterocycles. The molecule has 2 atom stereocenters. The molecule has 0 radical (unpaired) electrons. The van der Waals surface area contributed by atoms with Gasteiger partial charge in [0.15, 0.2) is 5.96 Å². The summed E-state index contributed by atoms with van der Waals surface area (Å²) in [6, 6.07) is 19.0. The van der Waals surface area contributed by atoms with Gasteiger partial charge in [-0.15, -0.1) is 0 Å². The Morgan fingerprint density at radius 2 is 1.90 bits per heavy atom. The molecule has 6 nitrogen and oxygen atoms in total. The van der Waals surface area contributed by atoms with E-state index in [0.29, 0.717) is 12.5 Å². The Morgan fingerprint density at radius 3 is 2.71 bits per heavy atom. The number of para-hydroxylation sites is 1. The van der Waals surface area contributed by atoms with Crippen LogP contribution in [-0.2, 0) is 11.2 Å². The van der Waals surface area contributed by atoms with Crippen molar-refractivity contribution in [1.29, 1.82) is 0 Å². The number of amides is 1. The van der Waals surface area contributed by atoms with E-state index in [4.69, 9.17) is 9.73 Å². The number of hydrogen-bond donors (Lipinski definition) is 1. The first-order valence-electron chi connectivity index (χ1n) is 11.1. The average molecular weight is 421 g/mol. The predicted molar refractivity (Wildman–Crippen MR) is 123 cm³/mol. The monoisotopic (exact) mass is 420 g/mol. The van der Waals surface area contributed by atoms with Crippen LogP contribution in [0.25, 0.3) is 0 Å². The molecule has 1 saturated heterocycles. The zero-order valence-electron chi connectivity index (χ0n) is 18.5. The van der Waals surface area contributed by atoms with Crippen LogP contribution in [0.5, 0.6) is 5.75 Å². The van der Waals surface area contributed by atoms with Crippen molar-refractivity contribution in [1.82, 2.24) is 15.1 Å². The lowest BCUT2D eigenvalue weighted by atomic mass is 9.99. The Morgan fingerprint density at radius 1 is 1.13 bits per heavy atom. The molecule has 0 saturated carbocycles. The summed E-state index contributed by atoms with van der Waals surface area (Å²) in [4.78, 5) is 20.9. The Labute approximate surface area is 184 Å². The maximum atomic E-state index is 12.2. The van der Waals surface area contributed by atoms with Gasteiger partial charge < -0.3 is 19.9 Å². The minimum absolute atomic E-state index is 0.00621. The lowest BCUT2D eigenvalue weighted by Crippen LogP contribution is -2.43. The second kappa shape index (κ2) is 9.86. The van der Waals surface area contributed by atoms with Gasteiger partial charge in [-0.3, -0.25) is 4.79 Å². The number of carbonyl (C=O) groups excluding carboxylic acids is 1. The molecule has 2 aromatic carbocycles. The number of nitrogens with zero attached hydrogens (tertiary/aromatic N) is 3. The molecule has 1 N–H and O–H groups in total. The van der Waals surface area contributed by atoms with Crippen molar-refractivity contribution >= 4 is 11.9 Å². The lowest BCUT2D eigenvalue weighted by molar-refractivity contribution is -0.127. The fourth-order valence-corrected chi connectivity index (χ4v) is 4.31. The first-order valence-corrected chi connectivity index (χ1v) is 11.1. The molecule has 0 aliphatic carbocycles. The molecular formula is C25H32N4O2. The van der Waals surface area contributed by atoms with E-state index in [1.54, 1.807) is 19.0 Å². The summed E-state index contributed by atoms with van der Waals surface area (Å²) >= 11 is 0. The minimum Gasteiger partial charge on any atom is -0.493 e. The summed E-state index contributed by atoms with van der Waals surface area (Å²) in [7, 11) is 3.54. The zero-order valence-corrected chi connectivity index (χ0v) is 18.5. The smallest absolute Gasteiger partial charge is 0.243 e. The van der Waals surface area contributed by atoms with Gasteiger partial charge in [-0.05, 0) is 30.4 Å². The molecule has 0 spiro atoms. The maximum absolute atomic E-state index is 12.2. The molecule has 6 heteroatoms. The second-order valence-corrected chi connectivity index (χ2v) is 8.59. The number of rotatable bonds is 5. The fourth-order valence-electron chi connectivity index (χ4n) is 4.31. The second-order valence-electron chi connectivity index (χ2n) is 8.59. The quantitative estimate of drug-likeness (QED) is 0.597. The SMILES string of the molecule is CN(C)C(=O)CN=C(NC1CCOc2ccccc21)N1CCC(Cc2ccccc2)C1. The van der Waals surface area contributed by atoms with Crippen molar-refractivity contribution in [3.8, 4) is 5.75 Å². The molecule has 31 heavy (non-hydrogen) atoms. The number of carbonyl (C=O) groups is 1. The highest BCUT2D eigenvalue weighted by Gasteiger charge is 2.29. The van der Waals surface area contributed by atoms with E-state index in [2.05, 4.69) is 46.6 Å². The van der Waals surface area contributed by atoms with E-state index in [1.807, 2.05) is 18.2 Å². The standard InChI is InChI=1S/C25H32N4O2/c1-28(2)24(30)17-26-25(27-22-13-15-31-23-11-7-6-10-21(22)23)29-14-12-20(18-29)16-19-8-4-3-5-9-19/h3-11,20,22H,12-18H2,1-2H3,(H,26,27). The van der Waals surface area contributed by atoms with Gasteiger partial charge in [0.05, 0.1) is 12.6 Å². The zero-order chi connectivity index (χ0) is 21.6. The van der Waals surface area contributed by atoms with Gasteiger partial charge in [0, 0.05) is 39.2 Å². The predicted octanol–water partition coefficient (Wildman–Crippen LogP) is 3.11. The number of hydrogen-bond acceptors (Lipinski definition) is 3. The fraction of sp³-hybridized carbons (Fsp3) is 0.440. The highest BCUT2D eigenvalue weighted by atomic mass is 16.5. The molecule has 2 aromatic rings. The van der Waals surface area contributed by atoms with Crippen LogP contribution >= 0.6 is 0 Å². The van der Waals surface area contributed by atoms with E-state index in [0.717, 1.165) is 49.6 Å². The first kappa shape index (κ1) is 21.2. The Kier molecular flexibility index (Phi) is 6.75. The van der Waals surface area contributed by atoms with Crippen LogP contribution in [0.3, 0.4) is 0 Å². The van der Waals surface area contributed by atoms with Gasteiger partial charge in [0.25, 0.3) is 0 Å². The molecule has 4 rings (SSSR count). The topological polar surface area (TPSA) is 57.2 Å². The van der Waals surface area contributed by atoms with Crippen molar-refractivity contribution in [3.63, 3.8) is 0 Å². The summed E-state index contributed by atoms with van der Waals surface area (Å²) in [5, 5.41) is 3.66. The van der Waals surface area contributed by atoms with E-state index < -0.39 is 0 Å². The van der Waals surface area contributed by atoms with Gasteiger partial charge >= 0.3 is 0 Å². The van der Waals surface area contributed by atoms with Crippen molar-refractivity contribution in [2.45, 2.75) is 25.3 Å². The van der Waals surface area contributed by atoms with Crippen LogP contribution in [0, 0.1) is 5.92 Å². The Hall–Kier alpha value is -3.02. The van der Waals surface area contributed by atoms with Crippen LogP contribution in [0.1, 0.15) is 30.0 Å². The number of benzene rings is 2. The molecule has 2 heterocycles. The number of fused-ring (bicyclic) bond motifs is 1. The average Bonchev–Trinajstić information content (AvgIpc) is 3.25. The first-order chi connectivity index (χ1) is 15.1.